The lowest BCUT2D eigenvalue weighted by atomic mass is 9.68. The van der Waals surface area contributed by atoms with Crippen LogP contribution in [0.2, 0.25) is 0 Å². The Labute approximate surface area is 252 Å². The van der Waals surface area contributed by atoms with Crippen LogP contribution in [0.4, 0.5) is 11.4 Å². The third-order valence-corrected chi connectivity index (χ3v) is 9.34. The van der Waals surface area contributed by atoms with Crippen molar-refractivity contribution in [2.24, 2.45) is 5.92 Å². The topological polar surface area (TPSA) is 121 Å². The highest BCUT2D eigenvalue weighted by Gasteiger charge is 2.54. The Balaban J connectivity index is 1.63. The predicted octanol–water partition coefficient (Wildman–Crippen LogP) is 5.55. The molecule has 1 aliphatic carbocycles. The molecule has 2 aromatic carbocycles. The number of Topliss-reactive ketones (excluding diaryl/α,β-unsaturated/α-hetero) is 1. The van der Waals surface area contributed by atoms with Gasteiger partial charge in [0.2, 0.25) is 5.69 Å². The second kappa shape index (κ2) is 10.8. The summed E-state index contributed by atoms with van der Waals surface area (Å²) in [6.07, 6.45) is 5.25. The number of carboxylic acids is 2. The van der Waals surface area contributed by atoms with Crippen LogP contribution < -0.4 is 10.0 Å². The molecule has 2 aromatic rings. The molecule has 1 atom stereocenters. The van der Waals surface area contributed by atoms with Gasteiger partial charge in [-0.1, -0.05) is 46.6 Å². The minimum Gasteiger partial charge on any atom is -0.874 e. The highest BCUT2D eigenvalue weighted by Crippen LogP contribution is 2.51. The van der Waals surface area contributed by atoms with Gasteiger partial charge in [0.15, 0.2) is 11.5 Å². The van der Waals surface area contributed by atoms with Gasteiger partial charge in [0.05, 0.1) is 16.5 Å². The number of anilines is 1. The van der Waals surface area contributed by atoms with Gasteiger partial charge in [-0.15, -0.1) is 5.76 Å². The summed E-state index contributed by atoms with van der Waals surface area (Å²) >= 11 is 0. The molecule has 2 N–H and O–H groups in total. The minimum absolute atomic E-state index is 0.125. The molecule has 0 aromatic heterocycles. The Kier molecular flexibility index (Phi) is 7.61. The van der Waals surface area contributed by atoms with Gasteiger partial charge in [-0.2, -0.15) is 4.58 Å². The van der Waals surface area contributed by atoms with Gasteiger partial charge in [0.1, 0.15) is 12.5 Å². The molecule has 8 nitrogen and oxygen atoms in total. The largest absolute Gasteiger partial charge is 0.874 e. The van der Waals surface area contributed by atoms with Gasteiger partial charge in [-0.25, -0.2) is 9.59 Å². The molecule has 0 radical (unpaired) electrons. The molecule has 5 rings (SSSR count). The van der Waals surface area contributed by atoms with Crippen molar-refractivity contribution in [3.63, 3.8) is 0 Å². The second-order valence-electron chi connectivity index (χ2n) is 12.8. The summed E-state index contributed by atoms with van der Waals surface area (Å²) in [5.41, 5.74) is 3.59. The summed E-state index contributed by atoms with van der Waals surface area (Å²) in [5.74, 6) is -3.50. The monoisotopic (exact) mass is 584 g/mol. The van der Waals surface area contributed by atoms with E-state index in [0.717, 1.165) is 48.3 Å². The number of carbonyl (C=O) groups excluding carboxylic acids is 1. The maximum Gasteiger partial charge on any atom is 0.336 e. The van der Waals surface area contributed by atoms with Crippen molar-refractivity contribution in [1.82, 2.24) is 0 Å². The van der Waals surface area contributed by atoms with Crippen molar-refractivity contribution in [3.05, 3.63) is 81.8 Å². The summed E-state index contributed by atoms with van der Waals surface area (Å²) in [7, 11) is 0. The van der Waals surface area contributed by atoms with Gasteiger partial charge >= 0.3 is 11.9 Å². The molecule has 2 heterocycles. The number of nitrogens with zero attached hydrogens (tertiary/aromatic N) is 2. The number of aromatic carboxylic acids is 2. The molecule has 0 spiro atoms. The summed E-state index contributed by atoms with van der Waals surface area (Å²) < 4.78 is 2.05. The van der Waals surface area contributed by atoms with E-state index in [0.29, 0.717) is 24.4 Å². The Bertz CT molecular complexity index is 1640. The molecule has 0 fully saturated rings. The van der Waals surface area contributed by atoms with Crippen LogP contribution in [0.15, 0.2) is 59.5 Å². The van der Waals surface area contributed by atoms with E-state index in [-0.39, 0.29) is 28.2 Å². The van der Waals surface area contributed by atoms with Crippen LogP contribution in [0.25, 0.3) is 0 Å². The highest BCUT2D eigenvalue weighted by molar-refractivity contribution is 6.23. The number of allylic oxidation sites excluding steroid dienone is 4. The SMILES string of the molecule is CCCCN1/C(=C\C2=C([O-])C(C3=[N+](CCCC)c4ccc(C(=O)O)cc4C3(C)C)C2=O)C(C)(C)c2c(C(=O)O)cccc21. The first-order valence-corrected chi connectivity index (χ1v) is 15.1. The number of carbonyl (C=O) groups is 3. The van der Waals surface area contributed by atoms with Crippen molar-refractivity contribution < 1.29 is 34.3 Å². The fourth-order valence-electron chi connectivity index (χ4n) is 7.10. The van der Waals surface area contributed by atoms with Crippen LogP contribution in [0, 0.1) is 5.92 Å². The molecular formula is C35H40N2O6. The van der Waals surface area contributed by atoms with E-state index in [1.54, 1.807) is 36.4 Å². The van der Waals surface area contributed by atoms with Crippen LogP contribution in [-0.2, 0) is 15.6 Å². The fourth-order valence-corrected chi connectivity index (χ4v) is 7.10. The van der Waals surface area contributed by atoms with Gasteiger partial charge in [0.25, 0.3) is 0 Å². The van der Waals surface area contributed by atoms with Crippen LogP contribution in [0.1, 0.15) is 99.1 Å². The molecule has 226 valence electrons. The van der Waals surface area contributed by atoms with Crippen LogP contribution in [0.5, 0.6) is 0 Å². The summed E-state index contributed by atoms with van der Waals surface area (Å²) in [6.45, 7) is 13.2. The summed E-state index contributed by atoms with van der Waals surface area (Å²) in [6, 6.07) is 10.3. The molecule has 43 heavy (non-hydrogen) atoms. The third-order valence-electron chi connectivity index (χ3n) is 9.34. The molecule has 8 heteroatoms. The van der Waals surface area contributed by atoms with Gasteiger partial charge in [0, 0.05) is 52.5 Å². The van der Waals surface area contributed by atoms with Crippen LogP contribution in [-0.4, -0.2) is 51.3 Å². The Morgan fingerprint density at radius 3 is 2.30 bits per heavy atom. The van der Waals surface area contributed by atoms with Gasteiger partial charge in [-0.3, -0.25) is 4.79 Å². The Morgan fingerprint density at radius 1 is 1.00 bits per heavy atom. The molecule has 0 saturated carbocycles. The van der Waals surface area contributed by atoms with E-state index < -0.39 is 28.7 Å². The Morgan fingerprint density at radius 2 is 1.70 bits per heavy atom. The average molecular weight is 585 g/mol. The second-order valence-corrected chi connectivity index (χ2v) is 12.8. The van der Waals surface area contributed by atoms with Crippen LogP contribution in [0.3, 0.4) is 0 Å². The number of hydrogen-bond acceptors (Lipinski definition) is 5. The highest BCUT2D eigenvalue weighted by atomic mass is 16.4. The Hall–Kier alpha value is -4.20. The molecule has 3 aliphatic rings. The van der Waals surface area contributed by atoms with Crippen molar-refractivity contribution in [2.75, 3.05) is 18.0 Å². The summed E-state index contributed by atoms with van der Waals surface area (Å²) in [5, 5.41) is 33.6. The van der Waals surface area contributed by atoms with Crippen molar-refractivity contribution in [2.45, 2.75) is 78.1 Å². The van der Waals surface area contributed by atoms with E-state index in [1.165, 1.54) is 0 Å². The molecule has 1 unspecified atom stereocenters. The maximum absolute atomic E-state index is 14.0. The maximum atomic E-state index is 14.0. The van der Waals surface area contributed by atoms with E-state index in [4.69, 9.17) is 0 Å². The first-order chi connectivity index (χ1) is 20.3. The zero-order chi connectivity index (χ0) is 31.4. The number of ketones is 1. The number of rotatable bonds is 10. The van der Waals surface area contributed by atoms with Gasteiger partial charge < -0.3 is 20.2 Å². The summed E-state index contributed by atoms with van der Waals surface area (Å²) in [4.78, 5) is 40.0. The zero-order valence-electron chi connectivity index (χ0n) is 25.8. The minimum atomic E-state index is -1.02. The smallest absolute Gasteiger partial charge is 0.336 e. The lowest BCUT2D eigenvalue weighted by Gasteiger charge is -2.38. The van der Waals surface area contributed by atoms with Crippen molar-refractivity contribution in [1.29, 1.82) is 0 Å². The lowest BCUT2D eigenvalue weighted by molar-refractivity contribution is -0.442. The molecule has 0 saturated heterocycles. The number of unbranched alkanes of at least 4 members (excludes halogenated alkanes) is 2. The van der Waals surface area contributed by atoms with E-state index in [9.17, 15) is 29.7 Å². The van der Waals surface area contributed by atoms with E-state index in [2.05, 4.69) is 23.3 Å². The molecule has 0 amide bonds. The quantitative estimate of drug-likeness (QED) is 0.351. The van der Waals surface area contributed by atoms with E-state index in [1.807, 2.05) is 33.8 Å². The normalized spacial score (nSPS) is 20.9. The van der Waals surface area contributed by atoms with Crippen LogP contribution >= 0.6 is 0 Å². The van der Waals surface area contributed by atoms with Gasteiger partial charge in [-0.05, 0) is 50.6 Å². The molecule has 0 bridgehead atoms. The molecular weight excluding hydrogens is 544 g/mol. The number of benzene rings is 2. The fraction of sp³-hybridized carbons (Fsp3) is 0.429. The van der Waals surface area contributed by atoms with Crippen molar-refractivity contribution in [3.8, 4) is 0 Å². The van der Waals surface area contributed by atoms with E-state index >= 15 is 0 Å². The lowest BCUT2D eigenvalue weighted by Crippen LogP contribution is -2.49. The molecule has 2 aliphatic heterocycles. The number of carboxylic acid groups (broad SMARTS) is 2. The first kappa shape index (κ1) is 30.3. The number of hydrogen-bond donors (Lipinski definition) is 2. The first-order valence-electron chi connectivity index (χ1n) is 15.1. The third kappa shape index (κ3) is 4.58. The predicted molar refractivity (Wildman–Crippen MR) is 163 cm³/mol. The van der Waals surface area contributed by atoms with Crippen molar-refractivity contribution >= 4 is 34.8 Å². The average Bonchev–Trinajstić information content (AvgIpc) is 3.31. The standard InChI is InChI=1S/C35H40N2O6/c1-7-9-16-36-25-13-11-12-21(33(42)43)28(25)35(5,6)26(36)19-22-29(38)27(30(22)39)31-34(3,4)23-18-20(32(40)41)14-15-24(23)37(31)17-10-8-2/h11-15,18-19,27H,7-10,16-17H2,1-6H3,(H2-,38,39,40,41,42,43)/b26-19-. The number of fused-ring (bicyclic) bond motifs is 2. The zero-order valence-corrected chi connectivity index (χ0v) is 25.8.